The van der Waals surface area contributed by atoms with Gasteiger partial charge in [0.2, 0.25) is 5.95 Å². The van der Waals surface area contributed by atoms with Crippen molar-refractivity contribution < 1.29 is 9.90 Å². The van der Waals surface area contributed by atoms with E-state index in [1.165, 1.54) is 25.3 Å². The number of Topliss-reactive ketones (excluding diaryl/α,β-unsaturated/α-hetero) is 1. The molecule has 0 amide bonds. The van der Waals surface area contributed by atoms with Crippen LogP contribution in [0.15, 0.2) is 29.3 Å². The van der Waals surface area contributed by atoms with Crippen molar-refractivity contribution in [1.82, 2.24) is 24.8 Å². The van der Waals surface area contributed by atoms with E-state index in [9.17, 15) is 14.7 Å². The summed E-state index contributed by atoms with van der Waals surface area (Å²) in [6.45, 7) is 3.10. The highest BCUT2D eigenvalue weighted by Gasteiger charge is 2.57. The van der Waals surface area contributed by atoms with Crippen LogP contribution >= 0.6 is 0 Å². The molecule has 1 unspecified atom stereocenters. The molecule has 3 aromatic rings. The third-order valence-corrected chi connectivity index (χ3v) is 7.89. The third-order valence-electron chi connectivity index (χ3n) is 7.89. The first-order valence-corrected chi connectivity index (χ1v) is 13.0. The lowest BCUT2D eigenvalue weighted by molar-refractivity contribution is 0.0550. The van der Waals surface area contributed by atoms with E-state index in [1.54, 1.807) is 17.7 Å². The molecular weight excluding hydrogens is 510 g/mol. The largest absolute Gasteiger partial charge is 0.380 e. The van der Waals surface area contributed by atoms with Gasteiger partial charge in [-0.15, -0.1) is 0 Å². The fraction of sp³-hybridized carbons (Fsp3) is 0.458. The Morgan fingerprint density at radius 3 is 2.29 bits per heavy atom. The number of aryl methyl sites for hydroxylation is 1. The highest BCUT2D eigenvalue weighted by Crippen LogP contribution is 2.39. The van der Waals surface area contributed by atoms with Crippen LogP contribution in [0.1, 0.15) is 54.6 Å². The van der Waals surface area contributed by atoms with Gasteiger partial charge < -0.3 is 20.6 Å². The Hall–Kier alpha value is -2.92. The van der Waals surface area contributed by atoms with Gasteiger partial charge in [0.15, 0.2) is 5.78 Å². The van der Waals surface area contributed by atoms with Crippen LogP contribution in [0.25, 0.3) is 11.0 Å². The lowest BCUT2D eigenvalue weighted by Gasteiger charge is -2.70. The summed E-state index contributed by atoms with van der Waals surface area (Å²) in [5, 5.41) is 10.5. The van der Waals surface area contributed by atoms with Crippen molar-refractivity contribution in [3.05, 3.63) is 46.0 Å². The van der Waals surface area contributed by atoms with Crippen LogP contribution in [0.4, 0.5) is 17.5 Å². The summed E-state index contributed by atoms with van der Waals surface area (Å²) >= 11 is 0. The number of ketones is 1. The topological polar surface area (TPSA) is 125 Å². The number of anilines is 3. The minimum Gasteiger partial charge on any atom is -0.380 e. The summed E-state index contributed by atoms with van der Waals surface area (Å²) in [7, 11) is 42.4. The number of pyridine rings is 2. The second-order valence-corrected chi connectivity index (χ2v) is 10.9. The van der Waals surface area contributed by atoms with Crippen molar-refractivity contribution in [3.8, 4) is 0 Å². The first-order valence-electron chi connectivity index (χ1n) is 13.0. The van der Waals surface area contributed by atoms with Crippen LogP contribution in [-0.2, 0) is 0 Å². The number of carbonyl (C=O) groups is 1. The number of hydrogen-bond donors (Lipinski definition) is 3. The second kappa shape index (κ2) is 9.83. The molecule has 0 spiro atoms. The number of aromatic nitrogens is 4. The SMILES string of the molecule is [B]C1([B])NC([B])([B])C([B])(O)N(c2ccc(Nc3ncc4c(C)c(C(C)=O)c(=O)n(C5CCCC5)c4n3)nc2)C1([B])[B]. The van der Waals surface area contributed by atoms with Crippen molar-refractivity contribution >= 4 is 89.2 Å². The molecule has 1 atom stereocenters. The highest BCUT2D eigenvalue weighted by molar-refractivity contribution is 6.58. The van der Waals surface area contributed by atoms with E-state index in [1.807, 2.05) is 0 Å². The molecule has 10 nitrogen and oxygen atoms in total. The Kier molecular flexibility index (Phi) is 7.09. The molecule has 14 radical (unpaired) electrons. The lowest BCUT2D eigenvalue weighted by Crippen LogP contribution is -2.91. The van der Waals surface area contributed by atoms with E-state index < -0.39 is 21.6 Å². The minimum absolute atomic E-state index is 0.0693. The number of nitrogens with one attached hydrogen (secondary N) is 2. The average molecular weight is 532 g/mol. The Labute approximate surface area is 247 Å². The zero-order chi connectivity index (χ0) is 30.1. The normalized spacial score (nSPS) is 23.4. The van der Waals surface area contributed by atoms with Crippen molar-refractivity contribution in [3.63, 3.8) is 0 Å². The van der Waals surface area contributed by atoms with E-state index in [0.717, 1.165) is 30.6 Å². The molecule has 1 saturated heterocycles. The number of piperazine rings is 1. The van der Waals surface area contributed by atoms with Gasteiger partial charge in [-0.25, -0.2) is 9.97 Å². The number of hydrogen-bond acceptors (Lipinski definition) is 9. The molecule has 1 aliphatic heterocycles. The molecule has 0 bridgehead atoms. The molecule has 1 saturated carbocycles. The van der Waals surface area contributed by atoms with Crippen molar-refractivity contribution in [2.75, 3.05) is 10.2 Å². The molecule has 2 aliphatic rings. The first-order chi connectivity index (χ1) is 19.0. The van der Waals surface area contributed by atoms with Crippen LogP contribution in [-0.4, -0.2) is 107 Å². The third kappa shape index (κ3) is 4.65. The van der Waals surface area contributed by atoms with E-state index in [2.05, 4.69) is 25.6 Å². The molecule has 4 heterocycles. The van der Waals surface area contributed by atoms with Crippen LogP contribution in [0, 0.1) is 6.92 Å². The Balaban J connectivity index is 1.52. The van der Waals surface area contributed by atoms with Crippen LogP contribution in [0.2, 0.25) is 0 Å². The molecule has 17 heteroatoms. The van der Waals surface area contributed by atoms with Crippen LogP contribution < -0.4 is 21.1 Å². The summed E-state index contributed by atoms with van der Waals surface area (Å²) in [4.78, 5) is 40.0. The zero-order valence-corrected chi connectivity index (χ0v) is 22.8. The molecular formula is C24H22B7N7O3. The molecule has 192 valence electrons. The van der Waals surface area contributed by atoms with Crippen molar-refractivity contribution in [2.45, 2.75) is 67.2 Å². The summed E-state index contributed by atoms with van der Waals surface area (Å²) < 4.78 is 1.61. The van der Waals surface area contributed by atoms with E-state index >= 15 is 0 Å². The fourth-order valence-corrected chi connectivity index (χ4v) is 5.61. The van der Waals surface area contributed by atoms with E-state index in [4.69, 9.17) is 54.9 Å². The molecule has 1 aliphatic carbocycles. The van der Waals surface area contributed by atoms with Gasteiger partial charge in [-0.05, 0) is 55.1 Å². The monoisotopic (exact) mass is 533 g/mol. The first kappa shape index (κ1) is 29.6. The summed E-state index contributed by atoms with van der Waals surface area (Å²) in [5.74, 6) is 0.145. The van der Waals surface area contributed by atoms with Gasteiger partial charge in [-0.2, -0.15) is 4.98 Å². The molecule has 5 rings (SSSR count). The number of fused-ring (bicyclic) bond motifs is 1. The predicted octanol–water partition coefficient (Wildman–Crippen LogP) is -1.25. The Bertz CT molecular complexity index is 1560. The fourth-order valence-electron chi connectivity index (χ4n) is 5.61. The Morgan fingerprint density at radius 1 is 1.05 bits per heavy atom. The van der Waals surface area contributed by atoms with Crippen molar-refractivity contribution in [2.24, 2.45) is 0 Å². The van der Waals surface area contributed by atoms with Gasteiger partial charge >= 0.3 is 0 Å². The molecule has 0 aromatic carbocycles. The number of rotatable bonds is 5. The number of nitrogens with zero attached hydrogens (tertiary/aromatic N) is 5. The summed E-state index contributed by atoms with van der Waals surface area (Å²) in [5.41, 5.74) is -1.72. The predicted molar refractivity (Wildman–Crippen MR) is 163 cm³/mol. The van der Waals surface area contributed by atoms with E-state index in [-0.39, 0.29) is 40.4 Å². The molecule has 2 fully saturated rings. The summed E-state index contributed by atoms with van der Waals surface area (Å²) in [6, 6.07) is 2.91. The van der Waals surface area contributed by atoms with Gasteiger partial charge in [0.05, 0.1) is 70.1 Å². The summed E-state index contributed by atoms with van der Waals surface area (Å²) in [6.07, 6.45) is 6.45. The second-order valence-electron chi connectivity index (χ2n) is 10.9. The smallest absolute Gasteiger partial charge is 0.263 e. The Morgan fingerprint density at radius 2 is 1.71 bits per heavy atom. The molecule has 41 heavy (non-hydrogen) atoms. The minimum atomic E-state index is -2.56. The van der Waals surface area contributed by atoms with Gasteiger partial charge in [-0.3, -0.25) is 14.2 Å². The maximum Gasteiger partial charge on any atom is 0.263 e. The van der Waals surface area contributed by atoms with Crippen molar-refractivity contribution in [1.29, 1.82) is 0 Å². The van der Waals surface area contributed by atoms with E-state index in [0.29, 0.717) is 16.6 Å². The van der Waals surface area contributed by atoms with Gasteiger partial charge in [0.25, 0.3) is 5.56 Å². The molecule has 3 aromatic heterocycles. The molecule has 3 N–H and O–H groups in total. The highest BCUT2D eigenvalue weighted by atomic mass is 16.3. The van der Waals surface area contributed by atoms with Crippen LogP contribution in [0.3, 0.4) is 0 Å². The van der Waals surface area contributed by atoms with Gasteiger partial charge in [-0.1, -0.05) is 18.2 Å². The standard InChI is InChI=1S/C24H22B7N7O3/c1-11-15-10-33-20(35-18(15)37(13-5-3-4-6-13)19(40)17(11)12(2)39)34-16-8-7-14(9-32-16)38-23(29,30)21(25,26)36-22(27,28)24(38,31)41/h7-10,13,36,41H,3-6H2,1-2H3,(H,32,33,34,35). The number of aliphatic hydroxyl groups is 1. The van der Waals surface area contributed by atoms with Crippen LogP contribution in [0.5, 0.6) is 0 Å². The maximum atomic E-state index is 13.4. The van der Waals surface area contributed by atoms with Gasteiger partial charge in [0, 0.05) is 17.6 Å². The zero-order valence-electron chi connectivity index (χ0n) is 22.8. The maximum absolute atomic E-state index is 13.4. The average Bonchev–Trinajstić information content (AvgIpc) is 3.38. The lowest BCUT2D eigenvalue weighted by atomic mass is 9.32. The quantitative estimate of drug-likeness (QED) is 0.273. The van der Waals surface area contributed by atoms with Gasteiger partial charge in [0.1, 0.15) is 19.3 Å². The number of carbonyl (C=O) groups excluding carboxylic acids is 1.